The fourth-order valence-electron chi connectivity index (χ4n) is 3.03. The number of hydrogen-bond acceptors (Lipinski definition) is 5. The standard InChI is InChI=1S/C21H19N3O4/c1-2-24(12-19-22-16-6-4-3-5-15(16)21(26)23-19)20(25)10-8-14-7-9-17-18(11-14)28-13-27-17/h3-11H,2,12-13H2,1H3,(H,22,23,26). The van der Waals surface area contributed by atoms with Crippen LogP contribution in [0.1, 0.15) is 18.3 Å². The molecule has 1 amide bonds. The van der Waals surface area contributed by atoms with Crippen molar-refractivity contribution in [1.82, 2.24) is 14.9 Å². The average Bonchev–Trinajstić information content (AvgIpc) is 3.18. The van der Waals surface area contributed by atoms with E-state index in [0.717, 1.165) is 5.56 Å². The number of carbonyl (C=O) groups is 1. The van der Waals surface area contributed by atoms with Crippen LogP contribution in [-0.4, -0.2) is 34.1 Å². The number of likely N-dealkylation sites (N-methyl/N-ethyl adjacent to an activating group) is 1. The van der Waals surface area contributed by atoms with Crippen LogP contribution in [0.5, 0.6) is 11.5 Å². The number of hydrogen-bond donors (Lipinski definition) is 1. The molecule has 2 aromatic carbocycles. The lowest BCUT2D eigenvalue weighted by Gasteiger charge is -2.18. The number of nitrogens with zero attached hydrogens (tertiary/aromatic N) is 2. The van der Waals surface area contributed by atoms with E-state index in [4.69, 9.17) is 9.47 Å². The summed E-state index contributed by atoms with van der Waals surface area (Å²) in [5.41, 5.74) is 1.24. The number of ether oxygens (including phenoxy) is 2. The van der Waals surface area contributed by atoms with Crippen LogP contribution in [0.2, 0.25) is 0 Å². The Morgan fingerprint density at radius 2 is 2.04 bits per heavy atom. The van der Waals surface area contributed by atoms with Crippen molar-refractivity contribution in [2.75, 3.05) is 13.3 Å². The van der Waals surface area contributed by atoms with Crippen molar-refractivity contribution in [3.63, 3.8) is 0 Å². The minimum atomic E-state index is -0.208. The highest BCUT2D eigenvalue weighted by Crippen LogP contribution is 2.32. The van der Waals surface area contributed by atoms with Gasteiger partial charge in [0.05, 0.1) is 17.4 Å². The molecule has 0 fully saturated rings. The number of fused-ring (bicyclic) bond motifs is 2. The van der Waals surface area contributed by atoms with Crippen molar-refractivity contribution in [2.24, 2.45) is 0 Å². The predicted octanol–water partition coefficient (Wildman–Crippen LogP) is 2.71. The first-order valence-electron chi connectivity index (χ1n) is 8.98. The van der Waals surface area contributed by atoms with E-state index >= 15 is 0 Å². The largest absolute Gasteiger partial charge is 0.454 e. The summed E-state index contributed by atoms with van der Waals surface area (Å²) in [5.74, 6) is 1.65. The van der Waals surface area contributed by atoms with Crippen molar-refractivity contribution in [3.05, 3.63) is 70.3 Å². The predicted molar refractivity (Wildman–Crippen MR) is 105 cm³/mol. The van der Waals surface area contributed by atoms with Crippen LogP contribution in [0.3, 0.4) is 0 Å². The summed E-state index contributed by atoms with van der Waals surface area (Å²) in [6.07, 6.45) is 3.23. The highest BCUT2D eigenvalue weighted by molar-refractivity contribution is 5.91. The van der Waals surface area contributed by atoms with E-state index in [1.165, 1.54) is 6.08 Å². The van der Waals surface area contributed by atoms with E-state index in [1.54, 1.807) is 29.2 Å². The van der Waals surface area contributed by atoms with E-state index < -0.39 is 0 Å². The Balaban J connectivity index is 1.50. The molecule has 1 aliphatic heterocycles. The maximum Gasteiger partial charge on any atom is 0.258 e. The fourth-order valence-corrected chi connectivity index (χ4v) is 3.03. The molecule has 0 unspecified atom stereocenters. The molecular formula is C21H19N3O4. The maximum absolute atomic E-state index is 12.6. The number of carbonyl (C=O) groups excluding carboxylic acids is 1. The molecule has 0 bridgehead atoms. The Bertz CT molecular complexity index is 1120. The SMILES string of the molecule is CCN(Cc1nc2ccccc2c(=O)[nH]1)C(=O)C=Cc1ccc2c(c1)OCO2. The molecule has 0 aliphatic carbocycles. The number of aromatic nitrogens is 2. The summed E-state index contributed by atoms with van der Waals surface area (Å²) in [4.78, 5) is 33.6. The molecule has 7 nitrogen and oxygen atoms in total. The number of aromatic amines is 1. The van der Waals surface area contributed by atoms with Crippen LogP contribution in [0.4, 0.5) is 0 Å². The summed E-state index contributed by atoms with van der Waals surface area (Å²) in [6.45, 7) is 2.80. The summed E-state index contributed by atoms with van der Waals surface area (Å²) >= 11 is 0. The number of nitrogens with one attached hydrogen (secondary N) is 1. The minimum Gasteiger partial charge on any atom is -0.454 e. The molecular weight excluding hydrogens is 358 g/mol. The molecule has 1 N–H and O–H groups in total. The van der Waals surface area contributed by atoms with Gasteiger partial charge < -0.3 is 19.4 Å². The molecule has 1 aromatic heterocycles. The van der Waals surface area contributed by atoms with Gasteiger partial charge in [-0.3, -0.25) is 9.59 Å². The number of benzene rings is 2. The Kier molecular flexibility index (Phi) is 4.80. The molecule has 142 valence electrons. The highest BCUT2D eigenvalue weighted by Gasteiger charge is 2.14. The van der Waals surface area contributed by atoms with Gasteiger partial charge in [-0.05, 0) is 42.8 Å². The third-order valence-electron chi connectivity index (χ3n) is 4.51. The van der Waals surface area contributed by atoms with Gasteiger partial charge in [0.25, 0.3) is 5.56 Å². The van der Waals surface area contributed by atoms with Crippen LogP contribution in [0.15, 0.2) is 53.3 Å². The number of rotatable bonds is 5. The van der Waals surface area contributed by atoms with Crippen LogP contribution in [0.25, 0.3) is 17.0 Å². The van der Waals surface area contributed by atoms with Gasteiger partial charge in [0.1, 0.15) is 5.82 Å². The van der Waals surface area contributed by atoms with Gasteiger partial charge in [-0.15, -0.1) is 0 Å². The van der Waals surface area contributed by atoms with Gasteiger partial charge in [-0.1, -0.05) is 18.2 Å². The van der Waals surface area contributed by atoms with Crippen LogP contribution >= 0.6 is 0 Å². The molecule has 2 heterocycles. The average molecular weight is 377 g/mol. The molecule has 0 saturated carbocycles. The molecule has 3 aromatic rings. The van der Waals surface area contributed by atoms with E-state index in [2.05, 4.69) is 9.97 Å². The second-order valence-electron chi connectivity index (χ2n) is 6.33. The van der Waals surface area contributed by atoms with Gasteiger partial charge in [-0.25, -0.2) is 4.98 Å². The topological polar surface area (TPSA) is 84.5 Å². The first-order valence-corrected chi connectivity index (χ1v) is 8.98. The summed E-state index contributed by atoms with van der Waals surface area (Å²) < 4.78 is 10.6. The molecule has 0 atom stereocenters. The van der Waals surface area contributed by atoms with Crippen molar-refractivity contribution >= 4 is 22.9 Å². The zero-order valence-electron chi connectivity index (χ0n) is 15.3. The number of para-hydroxylation sites is 1. The van der Waals surface area contributed by atoms with Gasteiger partial charge in [0.15, 0.2) is 11.5 Å². The van der Waals surface area contributed by atoms with Gasteiger partial charge in [-0.2, -0.15) is 0 Å². The third kappa shape index (κ3) is 3.59. The van der Waals surface area contributed by atoms with E-state index in [-0.39, 0.29) is 24.8 Å². The third-order valence-corrected chi connectivity index (χ3v) is 4.51. The lowest BCUT2D eigenvalue weighted by atomic mass is 10.2. The van der Waals surface area contributed by atoms with Crippen molar-refractivity contribution in [3.8, 4) is 11.5 Å². The van der Waals surface area contributed by atoms with Crippen LogP contribution in [0, 0.1) is 0 Å². The van der Waals surface area contributed by atoms with Crippen molar-refractivity contribution in [1.29, 1.82) is 0 Å². The lowest BCUT2D eigenvalue weighted by Crippen LogP contribution is -2.30. The van der Waals surface area contributed by atoms with Gasteiger partial charge >= 0.3 is 0 Å². The maximum atomic E-state index is 12.6. The lowest BCUT2D eigenvalue weighted by molar-refractivity contribution is -0.126. The van der Waals surface area contributed by atoms with Crippen molar-refractivity contribution in [2.45, 2.75) is 13.5 Å². The van der Waals surface area contributed by atoms with E-state index in [1.807, 2.05) is 31.2 Å². The molecule has 4 rings (SSSR count). The van der Waals surface area contributed by atoms with Gasteiger partial charge in [0, 0.05) is 12.6 Å². The first-order chi connectivity index (χ1) is 13.6. The van der Waals surface area contributed by atoms with E-state index in [0.29, 0.717) is 34.8 Å². The smallest absolute Gasteiger partial charge is 0.258 e. The summed E-state index contributed by atoms with van der Waals surface area (Å²) in [7, 11) is 0. The minimum absolute atomic E-state index is 0.170. The zero-order chi connectivity index (χ0) is 19.5. The quantitative estimate of drug-likeness (QED) is 0.691. The Hall–Kier alpha value is -3.61. The van der Waals surface area contributed by atoms with E-state index in [9.17, 15) is 9.59 Å². The monoisotopic (exact) mass is 377 g/mol. The number of H-pyrrole nitrogens is 1. The zero-order valence-corrected chi connectivity index (χ0v) is 15.3. The van der Waals surface area contributed by atoms with Crippen LogP contribution < -0.4 is 15.0 Å². The highest BCUT2D eigenvalue weighted by atomic mass is 16.7. The normalized spacial score (nSPS) is 12.6. The molecule has 0 saturated heterocycles. The summed E-state index contributed by atoms with van der Waals surface area (Å²) in [5, 5.41) is 0.531. The van der Waals surface area contributed by atoms with Gasteiger partial charge in [0.2, 0.25) is 12.7 Å². The molecule has 7 heteroatoms. The second-order valence-corrected chi connectivity index (χ2v) is 6.33. The van der Waals surface area contributed by atoms with Crippen molar-refractivity contribution < 1.29 is 14.3 Å². The summed E-state index contributed by atoms with van der Waals surface area (Å²) in [6, 6.07) is 12.6. The molecule has 28 heavy (non-hydrogen) atoms. The number of amides is 1. The Labute approximate surface area is 161 Å². The first kappa shape index (κ1) is 17.8. The Morgan fingerprint density at radius 1 is 1.21 bits per heavy atom. The molecule has 1 aliphatic rings. The second kappa shape index (κ2) is 7.56. The van der Waals surface area contributed by atoms with Crippen LogP contribution in [-0.2, 0) is 11.3 Å². The Morgan fingerprint density at radius 3 is 2.89 bits per heavy atom. The molecule has 0 spiro atoms. The fraction of sp³-hybridized carbons (Fsp3) is 0.190. The molecule has 0 radical (unpaired) electrons.